The summed E-state index contributed by atoms with van der Waals surface area (Å²) in [6.45, 7) is 1.42. The van der Waals surface area contributed by atoms with Gasteiger partial charge in [0, 0.05) is 0 Å². The van der Waals surface area contributed by atoms with Crippen LogP contribution in [0.5, 0.6) is 5.75 Å². The minimum atomic E-state index is -1.05. The first kappa shape index (κ1) is 17.7. The molecule has 2 aromatic carbocycles. The van der Waals surface area contributed by atoms with Gasteiger partial charge in [0.2, 0.25) is 0 Å². The Balaban J connectivity index is 1.90. The molecule has 126 valence electrons. The molecule has 2 rings (SSSR count). The van der Waals surface area contributed by atoms with Crippen molar-refractivity contribution in [1.82, 2.24) is 0 Å². The van der Waals surface area contributed by atoms with Gasteiger partial charge >= 0.3 is 5.97 Å². The summed E-state index contributed by atoms with van der Waals surface area (Å²) in [5.74, 6) is -1.60. The number of hydrogen-bond acceptors (Lipinski definition) is 4. The van der Waals surface area contributed by atoms with E-state index >= 15 is 0 Å². The number of rotatable bonds is 5. The average Bonchev–Trinajstić information content (AvgIpc) is 2.52. The van der Waals surface area contributed by atoms with Crippen molar-refractivity contribution < 1.29 is 23.8 Å². The molecule has 0 spiro atoms. The first-order chi connectivity index (χ1) is 11.3. The van der Waals surface area contributed by atoms with Crippen molar-refractivity contribution in [3.63, 3.8) is 0 Å². The molecule has 0 aliphatic rings. The Hall–Kier alpha value is -2.60. The fraction of sp³-hybridized carbons (Fsp3) is 0.176. The number of esters is 1. The van der Waals surface area contributed by atoms with E-state index in [-0.39, 0.29) is 22.9 Å². The first-order valence-corrected chi connectivity index (χ1v) is 7.46. The fourth-order valence-corrected chi connectivity index (χ4v) is 2.11. The lowest BCUT2D eigenvalue weighted by atomic mass is 10.1. The Morgan fingerprint density at radius 1 is 1.25 bits per heavy atom. The van der Waals surface area contributed by atoms with Gasteiger partial charge in [0.15, 0.2) is 6.10 Å². The van der Waals surface area contributed by atoms with Crippen molar-refractivity contribution in [2.45, 2.75) is 19.4 Å². The second-order valence-corrected chi connectivity index (χ2v) is 5.50. The number of hydrogen-bond donors (Lipinski definition) is 2. The van der Waals surface area contributed by atoms with E-state index in [1.807, 2.05) is 0 Å². The van der Waals surface area contributed by atoms with Crippen LogP contribution in [-0.4, -0.2) is 23.1 Å². The summed E-state index contributed by atoms with van der Waals surface area (Å²) in [5, 5.41) is 11.7. The van der Waals surface area contributed by atoms with Crippen LogP contribution in [0.3, 0.4) is 0 Å². The number of phenols is 1. The van der Waals surface area contributed by atoms with E-state index in [0.717, 1.165) is 12.1 Å². The number of phenolic OH excluding ortho intramolecular Hbond substituents is 1. The number of aromatic hydroxyl groups is 1. The molecular weight excluding hydrogens is 337 g/mol. The predicted octanol–water partition coefficient (Wildman–Crippen LogP) is 3.30. The molecule has 0 bridgehead atoms. The van der Waals surface area contributed by atoms with Crippen molar-refractivity contribution in [1.29, 1.82) is 0 Å². The summed E-state index contributed by atoms with van der Waals surface area (Å²) in [4.78, 5) is 23.8. The zero-order chi connectivity index (χ0) is 17.7. The monoisotopic (exact) mass is 351 g/mol. The summed E-state index contributed by atoms with van der Waals surface area (Å²) in [6, 6.07) is 9.62. The topological polar surface area (TPSA) is 75.6 Å². The number of ether oxygens (including phenoxy) is 1. The lowest BCUT2D eigenvalue weighted by Gasteiger charge is -2.14. The fourth-order valence-electron chi connectivity index (χ4n) is 1.90. The van der Waals surface area contributed by atoms with Gasteiger partial charge in [0.25, 0.3) is 5.91 Å². The van der Waals surface area contributed by atoms with E-state index < -0.39 is 23.8 Å². The number of carbonyl (C=O) groups excluding carboxylic acids is 2. The molecule has 5 nitrogen and oxygen atoms in total. The molecule has 0 unspecified atom stereocenters. The van der Waals surface area contributed by atoms with Crippen LogP contribution in [0.25, 0.3) is 0 Å². The maximum atomic E-state index is 13.0. The van der Waals surface area contributed by atoms with Crippen molar-refractivity contribution in [2.75, 3.05) is 5.32 Å². The van der Waals surface area contributed by atoms with Crippen LogP contribution in [0, 0.1) is 5.82 Å². The number of nitrogens with one attached hydrogen (secondary N) is 1. The van der Waals surface area contributed by atoms with Crippen LogP contribution in [0.2, 0.25) is 5.02 Å². The molecule has 1 atom stereocenters. The van der Waals surface area contributed by atoms with Crippen LogP contribution in [0.15, 0.2) is 42.5 Å². The molecule has 0 saturated heterocycles. The number of benzene rings is 2. The third-order valence-corrected chi connectivity index (χ3v) is 3.46. The van der Waals surface area contributed by atoms with Crippen LogP contribution < -0.4 is 5.32 Å². The average molecular weight is 352 g/mol. The number of anilines is 1. The summed E-state index contributed by atoms with van der Waals surface area (Å²) in [6.07, 6.45) is -1.08. The molecule has 0 aliphatic heterocycles. The largest absolute Gasteiger partial charge is 0.508 e. The van der Waals surface area contributed by atoms with Gasteiger partial charge in [0.1, 0.15) is 11.6 Å². The first-order valence-electron chi connectivity index (χ1n) is 7.08. The molecule has 0 aromatic heterocycles. The highest BCUT2D eigenvalue weighted by Gasteiger charge is 2.19. The maximum absolute atomic E-state index is 13.0. The molecule has 0 radical (unpaired) electrons. The molecular formula is C17H15ClFNO4. The minimum absolute atomic E-state index is 0.0325. The Kier molecular flexibility index (Phi) is 5.76. The standard InChI is InChI=1S/C17H15ClFNO4/c1-10(17(23)20-15-7-4-12(19)9-14(15)18)24-16(22)8-11-2-5-13(21)6-3-11/h2-7,9-10,21H,8H2,1H3,(H,20,23)/t10-/m1/s1. The Bertz CT molecular complexity index is 749. The smallest absolute Gasteiger partial charge is 0.311 e. The predicted molar refractivity (Wildman–Crippen MR) is 87.4 cm³/mol. The van der Waals surface area contributed by atoms with Crippen LogP contribution in [0.1, 0.15) is 12.5 Å². The van der Waals surface area contributed by atoms with Gasteiger partial charge < -0.3 is 15.2 Å². The zero-order valence-corrected chi connectivity index (χ0v) is 13.5. The SMILES string of the molecule is C[C@@H](OC(=O)Cc1ccc(O)cc1)C(=O)Nc1ccc(F)cc1Cl. The van der Waals surface area contributed by atoms with Gasteiger partial charge in [-0.15, -0.1) is 0 Å². The molecule has 0 aliphatic carbocycles. The van der Waals surface area contributed by atoms with Crippen LogP contribution in [0.4, 0.5) is 10.1 Å². The van der Waals surface area contributed by atoms with Gasteiger partial charge in [-0.05, 0) is 42.8 Å². The molecule has 2 N–H and O–H groups in total. The highest BCUT2D eigenvalue weighted by Crippen LogP contribution is 2.22. The number of amides is 1. The summed E-state index contributed by atoms with van der Waals surface area (Å²) >= 11 is 5.82. The minimum Gasteiger partial charge on any atom is -0.508 e. The molecule has 0 fully saturated rings. The quantitative estimate of drug-likeness (QED) is 0.810. The number of carbonyl (C=O) groups is 2. The normalized spacial score (nSPS) is 11.6. The van der Waals surface area contributed by atoms with Gasteiger partial charge in [0.05, 0.1) is 17.1 Å². The highest BCUT2D eigenvalue weighted by atomic mass is 35.5. The van der Waals surface area contributed by atoms with Crippen LogP contribution >= 0.6 is 11.6 Å². The van der Waals surface area contributed by atoms with Crippen molar-refractivity contribution in [3.8, 4) is 5.75 Å². The second kappa shape index (κ2) is 7.79. The lowest BCUT2D eigenvalue weighted by Crippen LogP contribution is -2.30. The van der Waals surface area contributed by atoms with E-state index in [4.69, 9.17) is 16.3 Å². The Labute approximate surface area is 143 Å². The van der Waals surface area contributed by atoms with Crippen molar-refractivity contribution >= 4 is 29.2 Å². The molecule has 0 saturated carbocycles. The van der Waals surface area contributed by atoms with E-state index in [9.17, 15) is 19.1 Å². The van der Waals surface area contributed by atoms with E-state index in [1.54, 1.807) is 12.1 Å². The highest BCUT2D eigenvalue weighted by molar-refractivity contribution is 6.33. The molecule has 2 aromatic rings. The van der Waals surface area contributed by atoms with E-state index in [0.29, 0.717) is 5.56 Å². The molecule has 1 amide bonds. The Morgan fingerprint density at radius 2 is 1.92 bits per heavy atom. The maximum Gasteiger partial charge on any atom is 0.311 e. The molecule has 24 heavy (non-hydrogen) atoms. The Morgan fingerprint density at radius 3 is 2.54 bits per heavy atom. The summed E-state index contributed by atoms with van der Waals surface area (Å²) < 4.78 is 18.0. The van der Waals surface area contributed by atoms with Gasteiger partial charge in [-0.2, -0.15) is 0 Å². The number of halogens is 2. The third kappa shape index (κ3) is 4.96. The lowest BCUT2D eigenvalue weighted by molar-refractivity contribution is -0.152. The van der Waals surface area contributed by atoms with Gasteiger partial charge in [-0.3, -0.25) is 9.59 Å². The third-order valence-electron chi connectivity index (χ3n) is 3.15. The van der Waals surface area contributed by atoms with Gasteiger partial charge in [-0.1, -0.05) is 23.7 Å². The molecule has 0 heterocycles. The van der Waals surface area contributed by atoms with Crippen molar-refractivity contribution in [2.24, 2.45) is 0 Å². The van der Waals surface area contributed by atoms with Crippen molar-refractivity contribution in [3.05, 3.63) is 58.9 Å². The van der Waals surface area contributed by atoms with Gasteiger partial charge in [-0.25, -0.2) is 4.39 Å². The molecule has 7 heteroatoms. The summed E-state index contributed by atoms with van der Waals surface area (Å²) in [7, 11) is 0. The second-order valence-electron chi connectivity index (χ2n) is 5.09. The van der Waals surface area contributed by atoms with Crippen LogP contribution in [-0.2, 0) is 20.7 Å². The van der Waals surface area contributed by atoms with E-state index in [2.05, 4.69) is 5.32 Å². The zero-order valence-electron chi connectivity index (χ0n) is 12.8. The summed E-state index contributed by atoms with van der Waals surface area (Å²) in [5.41, 5.74) is 0.872. The van der Waals surface area contributed by atoms with E-state index in [1.165, 1.54) is 25.1 Å².